The summed E-state index contributed by atoms with van der Waals surface area (Å²) < 4.78 is 0. The quantitative estimate of drug-likeness (QED) is 0.216. The van der Waals surface area contributed by atoms with Crippen molar-refractivity contribution >= 4 is 0 Å². The summed E-state index contributed by atoms with van der Waals surface area (Å²) in [7, 11) is 0. The van der Waals surface area contributed by atoms with Gasteiger partial charge in [-0.3, -0.25) is 0 Å². The van der Waals surface area contributed by atoms with Gasteiger partial charge in [0.15, 0.2) is 0 Å². The lowest BCUT2D eigenvalue weighted by molar-refractivity contribution is 0.482. The lowest BCUT2D eigenvalue weighted by atomic mass is 9.99. The first-order valence-electron chi connectivity index (χ1n) is 8.92. The van der Waals surface area contributed by atoms with Crippen molar-refractivity contribution < 1.29 is 0 Å². The molecule has 0 heteroatoms. The fourth-order valence-electron chi connectivity index (χ4n) is 2.74. The van der Waals surface area contributed by atoms with Gasteiger partial charge < -0.3 is 0 Å². The summed E-state index contributed by atoms with van der Waals surface area (Å²) in [5, 5.41) is 0. The molecule has 0 aromatic carbocycles. The standard InChI is InChI=1S/C19H38/c1-4-6-7-8-9-10-11-12-13-14-15-16-18-19(3)17-5-2/h5,19H,2,4,6-18H2,1,3H3. The minimum absolute atomic E-state index is 0.848. The van der Waals surface area contributed by atoms with E-state index in [2.05, 4.69) is 26.5 Å². The van der Waals surface area contributed by atoms with Crippen molar-refractivity contribution in [3.05, 3.63) is 12.7 Å². The van der Waals surface area contributed by atoms with Crippen molar-refractivity contribution in [2.45, 2.75) is 104 Å². The molecule has 0 saturated carbocycles. The third-order valence-corrected chi connectivity index (χ3v) is 4.12. The summed E-state index contributed by atoms with van der Waals surface area (Å²) in [6.07, 6.45) is 22.0. The molecule has 1 unspecified atom stereocenters. The van der Waals surface area contributed by atoms with E-state index in [0.717, 1.165) is 5.92 Å². The zero-order chi connectivity index (χ0) is 14.2. The Morgan fingerprint density at radius 2 is 1.16 bits per heavy atom. The Bertz CT molecular complexity index is 171. The van der Waals surface area contributed by atoms with Gasteiger partial charge in [-0.2, -0.15) is 0 Å². The van der Waals surface area contributed by atoms with Gasteiger partial charge >= 0.3 is 0 Å². The topological polar surface area (TPSA) is 0 Å². The normalized spacial score (nSPS) is 12.5. The molecule has 114 valence electrons. The molecule has 19 heavy (non-hydrogen) atoms. The van der Waals surface area contributed by atoms with Crippen LogP contribution in [-0.4, -0.2) is 0 Å². The van der Waals surface area contributed by atoms with Crippen LogP contribution in [0, 0.1) is 5.92 Å². The lowest BCUT2D eigenvalue weighted by Gasteiger charge is -2.07. The molecule has 1 atom stereocenters. The molecule has 0 amide bonds. The molecule has 0 saturated heterocycles. The maximum absolute atomic E-state index is 3.81. The number of hydrogen-bond acceptors (Lipinski definition) is 0. The average molecular weight is 267 g/mol. The monoisotopic (exact) mass is 266 g/mol. The van der Waals surface area contributed by atoms with Gasteiger partial charge in [0.05, 0.1) is 0 Å². The summed E-state index contributed by atoms with van der Waals surface area (Å²) in [6, 6.07) is 0. The molecule has 0 spiro atoms. The van der Waals surface area contributed by atoms with Crippen molar-refractivity contribution in [3.63, 3.8) is 0 Å². The first-order chi connectivity index (χ1) is 9.31. The maximum atomic E-state index is 3.81. The first-order valence-corrected chi connectivity index (χ1v) is 8.92. The van der Waals surface area contributed by atoms with E-state index in [1.807, 2.05) is 0 Å². The molecule has 0 heterocycles. The van der Waals surface area contributed by atoms with Gasteiger partial charge in [-0.05, 0) is 12.3 Å². The van der Waals surface area contributed by atoms with Gasteiger partial charge in [0.1, 0.15) is 0 Å². The van der Waals surface area contributed by atoms with Crippen LogP contribution in [0.15, 0.2) is 12.7 Å². The molecule has 0 rings (SSSR count). The Kier molecular flexibility index (Phi) is 15.6. The van der Waals surface area contributed by atoms with Crippen molar-refractivity contribution in [2.75, 3.05) is 0 Å². The molecule has 0 aromatic heterocycles. The lowest BCUT2D eigenvalue weighted by Crippen LogP contribution is -1.92. The van der Waals surface area contributed by atoms with E-state index in [0.29, 0.717) is 0 Å². The van der Waals surface area contributed by atoms with Crippen LogP contribution >= 0.6 is 0 Å². The van der Waals surface area contributed by atoms with Crippen LogP contribution in [0.25, 0.3) is 0 Å². The Labute approximate surface area is 123 Å². The molecule has 0 N–H and O–H groups in total. The highest BCUT2D eigenvalue weighted by Gasteiger charge is 1.99. The van der Waals surface area contributed by atoms with E-state index < -0.39 is 0 Å². The molecule has 0 fully saturated rings. The minimum atomic E-state index is 0.848. The van der Waals surface area contributed by atoms with Crippen LogP contribution in [0.5, 0.6) is 0 Å². The van der Waals surface area contributed by atoms with Gasteiger partial charge in [-0.1, -0.05) is 103 Å². The predicted octanol–water partition coefficient (Wildman–Crippen LogP) is 7.29. The second kappa shape index (κ2) is 15.8. The summed E-state index contributed by atoms with van der Waals surface area (Å²) in [5.74, 6) is 0.848. The van der Waals surface area contributed by atoms with Gasteiger partial charge in [-0.15, -0.1) is 6.58 Å². The number of rotatable bonds is 15. The Hall–Kier alpha value is -0.260. The third-order valence-electron chi connectivity index (χ3n) is 4.12. The van der Waals surface area contributed by atoms with E-state index in [-0.39, 0.29) is 0 Å². The molecule has 0 aromatic rings. The van der Waals surface area contributed by atoms with Crippen LogP contribution in [0.2, 0.25) is 0 Å². The molecule has 0 bridgehead atoms. The van der Waals surface area contributed by atoms with Crippen molar-refractivity contribution in [3.8, 4) is 0 Å². The second-order valence-corrected chi connectivity index (χ2v) is 6.31. The van der Waals surface area contributed by atoms with Crippen LogP contribution in [-0.2, 0) is 0 Å². The first kappa shape index (κ1) is 18.7. The number of allylic oxidation sites excluding steroid dienone is 1. The van der Waals surface area contributed by atoms with Crippen LogP contribution in [0.4, 0.5) is 0 Å². The summed E-state index contributed by atoms with van der Waals surface area (Å²) in [6.45, 7) is 8.45. The molecular weight excluding hydrogens is 228 g/mol. The van der Waals surface area contributed by atoms with Crippen molar-refractivity contribution in [2.24, 2.45) is 5.92 Å². The summed E-state index contributed by atoms with van der Waals surface area (Å²) in [4.78, 5) is 0. The van der Waals surface area contributed by atoms with Crippen LogP contribution in [0.1, 0.15) is 104 Å². The molecule has 0 radical (unpaired) electrons. The van der Waals surface area contributed by atoms with E-state index in [9.17, 15) is 0 Å². The zero-order valence-electron chi connectivity index (χ0n) is 13.8. The van der Waals surface area contributed by atoms with Crippen LogP contribution < -0.4 is 0 Å². The molecule has 0 aliphatic heterocycles. The van der Waals surface area contributed by atoms with Gasteiger partial charge in [0, 0.05) is 0 Å². The fraction of sp³-hybridized carbons (Fsp3) is 0.895. The van der Waals surface area contributed by atoms with Gasteiger partial charge in [-0.25, -0.2) is 0 Å². The predicted molar refractivity (Wildman–Crippen MR) is 89.7 cm³/mol. The summed E-state index contributed by atoms with van der Waals surface area (Å²) in [5.41, 5.74) is 0. The van der Waals surface area contributed by atoms with Crippen molar-refractivity contribution in [1.29, 1.82) is 0 Å². The highest BCUT2D eigenvalue weighted by atomic mass is 14.0. The third kappa shape index (κ3) is 15.7. The highest BCUT2D eigenvalue weighted by Crippen LogP contribution is 2.15. The Morgan fingerprint density at radius 3 is 1.58 bits per heavy atom. The Morgan fingerprint density at radius 1 is 0.737 bits per heavy atom. The molecule has 0 nitrogen and oxygen atoms in total. The van der Waals surface area contributed by atoms with Gasteiger partial charge in [0.2, 0.25) is 0 Å². The molecule has 0 aliphatic carbocycles. The number of unbranched alkanes of at least 4 members (excludes halogenated alkanes) is 11. The second-order valence-electron chi connectivity index (χ2n) is 6.31. The average Bonchev–Trinajstić information content (AvgIpc) is 2.40. The zero-order valence-corrected chi connectivity index (χ0v) is 13.8. The van der Waals surface area contributed by atoms with Gasteiger partial charge in [0.25, 0.3) is 0 Å². The minimum Gasteiger partial charge on any atom is -0.103 e. The largest absolute Gasteiger partial charge is 0.103 e. The van der Waals surface area contributed by atoms with E-state index in [4.69, 9.17) is 0 Å². The smallest absolute Gasteiger partial charge is 0.0328 e. The fourth-order valence-corrected chi connectivity index (χ4v) is 2.74. The van der Waals surface area contributed by atoms with Crippen molar-refractivity contribution in [1.82, 2.24) is 0 Å². The summed E-state index contributed by atoms with van der Waals surface area (Å²) >= 11 is 0. The highest BCUT2D eigenvalue weighted by molar-refractivity contribution is 4.70. The maximum Gasteiger partial charge on any atom is -0.0328 e. The van der Waals surface area contributed by atoms with Crippen LogP contribution in [0.3, 0.4) is 0 Å². The van der Waals surface area contributed by atoms with E-state index in [1.165, 1.54) is 89.9 Å². The Balaban J connectivity index is 3.00. The van der Waals surface area contributed by atoms with E-state index in [1.54, 1.807) is 0 Å². The number of hydrogen-bond donors (Lipinski definition) is 0. The molecular formula is C19H38. The SMILES string of the molecule is C=CCC(C)CCCCCCCCCCCCCC. The van der Waals surface area contributed by atoms with E-state index >= 15 is 0 Å². The molecule has 0 aliphatic rings.